The molecular formula is C14H16F3N3O7S2. The third-order valence-electron chi connectivity index (χ3n) is 4.25. The van der Waals surface area contributed by atoms with Crippen LogP contribution in [0, 0.1) is 10.1 Å². The van der Waals surface area contributed by atoms with E-state index in [-0.39, 0.29) is 19.2 Å². The number of sulfone groups is 2. The van der Waals surface area contributed by atoms with E-state index in [4.69, 9.17) is 0 Å². The highest BCUT2D eigenvalue weighted by molar-refractivity contribution is 7.92. The minimum absolute atomic E-state index is 0.0238. The topological polar surface area (TPSA) is 135 Å². The molecule has 0 spiro atoms. The minimum atomic E-state index is -5.92. The van der Waals surface area contributed by atoms with Crippen molar-refractivity contribution in [1.29, 1.82) is 0 Å². The van der Waals surface area contributed by atoms with Crippen molar-refractivity contribution in [3.63, 3.8) is 0 Å². The van der Waals surface area contributed by atoms with Crippen LogP contribution < -0.4 is 0 Å². The van der Waals surface area contributed by atoms with Gasteiger partial charge in [-0.1, -0.05) is 0 Å². The molecule has 1 aliphatic heterocycles. The fourth-order valence-electron chi connectivity index (χ4n) is 2.59. The summed E-state index contributed by atoms with van der Waals surface area (Å²) in [6.07, 6.45) is 0. The Morgan fingerprint density at radius 1 is 1.14 bits per heavy atom. The lowest BCUT2D eigenvalue weighted by atomic mass is 10.3. The van der Waals surface area contributed by atoms with Gasteiger partial charge in [-0.25, -0.2) is 16.8 Å². The number of likely N-dealkylation sites (N-methyl/N-ethyl adjacent to an activating group) is 1. The van der Waals surface area contributed by atoms with E-state index in [1.165, 1.54) is 4.90 Å². The average Bonchev–Trinajstić information content (AvgIpc) is 2.60. The van der Waals surface area contributed by atoms with Crippen LogP contribution in [-0.4, -0.2) is 82.0 Å². The highest BCUT2D eigenvalue weighted by Crippen LogP contribution is 2.34. The Labute approximate surface area is 163 Å². The van der Waals surface area contributed by atoms with Crippen molar-refractivity contribution >= 4 is 31.3 Å². The Morgan fingerprint density at radius 2 is 1.69 bits per heavy atom. The largest absolute Gasteiger partial charge is 0.501 e. The number of rotatable bonds is 5. The third-order valence-corrected chi connectivity index (χ3v) is 7.37. The van der Waals surface area contributed by atoms with Gasteiger partial charge in [0.15, 0.2) is 9.84 Å². The predicted molar refractivity (Wildman–Crippen MR) is 92.5 cm³/mol. The molecule has 10 nitrogen and oxygen atoms in total. The summed E-state index contributed by atoms with van der Waals surface area (Å²) < 4.78 is 85.9. The van der Waals surface area contributed by atoms with E-state index in [0.717, 1.165) is 0 Å². The van der Waals surface area contributed by atoms with Gasteiger partial charge in [0.05, 0.1) is 9.82 Å². The van der Waals surface area contributed by atoms with Crippen LogP contribution in [0.4, 0.5) is 18.9 Å². The van der Waals surface area contributed by atoms with Gasteiger partial charge in [-0.2, -0.15) is 13.2 Å². The number of benzene rings is 1. The van der Waals surface area contributed by atoms with Gasteiger partial charge < -0.3 is 9.80 Å². The van der Waals surface area contributed by atoms with Crippen LogP contribution in [0.25, 0.3) is 0 Å². The molecule has 0 N–H and O–H groups in total. The van der Waals surface area contributed by atoms with Crippen molar-refractivity contribution in [2.75, 3.05) is 39.0 Å². The number of amides is 1. The third kappa shape index (κ3) is 4.84. The smallest absolute Gasteiger partial charge is 0.339 e. The molecule has 0 saturated carbocycles. The van der Waals surface area contributed by atoms with Crippen LogP contribution in [0.5, 0.6) is 0 Å². The first-order valence-electron chi connectivity index (χ1n) is 7.95. The summed E-state index contributed by atoms with van der Waals surface area (Å²) >= 11 is 0. The van der Waals surface area contributed by atoms with Crippen molar-refractivity contribution < 1.29 is 39.7 Å². The van der Waals surface area contributed by atoms with Crippen LogP contribution in [0.1, 0.15) is 0 Å². The van der Waals surface area contributed by atoms with Crippen molar-refractivity contribution in [3.05, 3.63) is 28.3 Å². The molecule has 0 bridgehead atoms. The summed E-state index contributed by atoms with van der Waals surface area (Å²) in [5.74, 6) is -1.96. The predicted octanol–water partition coefficient (Wildman–Crippen LogP) is 0.436. The Hall–Kier alpha value is -2.26. The quantitative estimate of drug-likeness (QED) is 0.457. The summed E-state index contributed by atoms with van der Waals surface area (Å²) in [4.78, 5) is 22.8. The lowest BCUT2D eigenvalue weighted by Crippen LogP contribution is -2.48. The zero-order valence-electron chi connectivity index (χ0n) is 14.9. The first kappa shape index (κ1) is 23.0. The second-order valence-electron chi connectivity index (χ2n) is 6.28. The Balaban J connectivity index is 2.40. The maximum atomic E-state index is 12.7. The standard InChI is InChI=1S/C14H16F3N3O7S2/c1-18-4-6-19(7-5-18)13(21)9-28(24,25)12-3-2-10(8-11(12)20(22)23)29(26,27)14(15,16)17/h2-3,8H,4-7,9H2,1H3. The summed E-state index contributed by atoms with van der Waals surface area (Å²) in [5, 5.41) is 11.2. The minimum Gasteiger partial charge on any atom is -0.339 e. The van der Waals surface area contributed by atoms with Crippen molar-refractivity contribution in [3.8, 4) is 0 Å². The number of carbonyl (C=O) groups excluding carboxylic acids is 1. The molecule has 0 aliphatic carbocycles. The SMILES string of the molecule is CN1CCN(C(=O)CS(=O)(=O)c2ccc(S(=O)(=O)C(F)(F)F)cc2[N+](=O)[O-])CC1. The number of nitro groups is 1. The first-order chi connectivity index (χ1) is 13.2. The molecule has 2 rings (SSSR count). The van der Waals surface area contributed by atoms with Gasteiger partial charge in [-0.05, 0) is 19.2 Å². The highest BCUT2D eigenvalue weighted by atomic mass is 32.2. The summed E-state index contributed by atoms with van der Waals surface area (Å²) in [6.45, 7) is 1.48. The molecule has 0 aromatic heterocycles. The molecule has 1 fully saturated rings. The summed E-state index contributed by atoms with van der Waals surface area (Å²) in [6, 6.07) is 0.725. The van der Waals surface area contributed by atoms with Gasteiger partial charge in [0.1, 0.15) is 10.6 Å². The number of carbonyl (C=O) groups is 1. The number of nitrogens with zero attached hydrogens (tertiary/aromatic N) is 3. The molecule has 0 radical (unpaired) electrons. The highest BCUT2D eigenvalue weighted by Gasteiger charge is 2.47. The van der Waals surface area contributed by atoms with Gasteiger partial charge >= 0.3 is 5.51 Å². The van der Waals surface area contributed by atoms with E-state index >= 15 is 0 Å². The number of alkyl halides is 3. The molecule has 0 unspecified atom stereocenters. The number of hydrogen-bond acceptors (Lipinski definition) is 8. The molecule has 1 heterocycles. The van der Waals surface area contributed by atoms with Crippen molar-refractivity contribution in [1.82, 2.24) is 9.80 Å². The second kappa shape index (κ2) is 7.87. The Morgan fingerprint density at radius 3 is 2.17 bits per heavy atom. The van der Waals surface area contributed by atoms with Crippen molar-refractivity contribution in [2.45, 2.75) is 15.3 Å². The van der Waals surface area contributed by atoms with Crippen LogP contribution in [0.15, 0.2) is 28.0 Å². The summed E-state index contributed by atoms with van der Waals surface area (Å²) in [7, 11) is -8.73. The van der Waals surface area contributed by atoms with E-state index in [1.54, 1.807) is 7.05 Å². The Bertz CT molecular complexity index is 1030. The van der Waals surface area contributed by atoms with E-state index in [0.29, 0.717) is 25.2 Å². The second-order valence-corrected chi connectivity index (χ2v) is 10.2. The number of nitro benzene ring substituents is 1. The normalized spacial score (nSPS) is 16.6. The number of hydrogen-bond donors (Lipinski definition) is 0. The maximum absolute atomic E-state index is 12.7. The van der Waals surface area contributed by atoms with Crippen LogP contribution in [0.2, 0.25) is 0 Å². The van der Waals surface area contributed by atoms with Gasteiger partial charge in [0, 0.05) is 32.2 Å². The maximum Gasteiger partial charge on any atom is 0.501 e. The molecule has 29 heavy (non-hydrogen) atoms. The molecular weight excluding hydrogens is 443 g/mol. The molecule has 1 aliphatic rings. The lowest BCUT2D eigenvalue weighted by Gasteiger charge is -2.32. The average molecular weight is 459 g/mol. The van der Waals surface area contributed by atoms with Crippen LogP contribution in [0.3, 0.4) is 0 Å². The molecule has 0 atom stereocenters. The van der Waals surface area contributed by atoms with E-state index < -0.39 is 57.2 Å². The monoisotopic (exact) mass is 459 g/mol. The molecule has 1 aromatic carbocycles. The fourth-order valence-corrected chi connectivity index (χ4v) is 4.76. The molecule has 1 amide bonds. The van der Waals surface area contributed by atoms with Gasteiger partial charge in [0.25, 0.3) is 15.5 Å². The van der Waals surface area contributed by atoms with Crippen LogP contribution >= 0.6 is 0 Å². The number of halogens is 3. The zero-order chi connectivity index (χ0) is 22.2. The first-order valence-corrected chi connectivity index (χ1v) is 11.1. The van der Waals surface area contributed by atoms with E-state index in [9.17, 15) is 44.9 Å². The van der Waals surface area contributed by atoms with E-state index in [1.807, 2.05) is 4.90 Å². The van der Waals surface area contributed by atoms with Gasteiger partial charge in [-0.3, -0.25) is 14.9 Å². The van der Waals surface area contributed by atoms with Gasteiger partial charge in [-0.15, -0.1) is 0 Å². The fraction of sp³-hybridized carbons (Fsp3) is 0.500. The van der Waals surface area contributed by atoms with Gasteiger partial charge in [0.2, 0.25) is 5.91 Å². The van der Waals surface area contributed by atoms with Crippen LogP contribution in [-0.2, 0) is 24.5 Å². The van der Waals surface area contributed by atoms with Crippen molar-refractivity contribution in [2.24, 2.45) is 0 Å². The number of piperazine rings is 1. The lowest BCUT2D eigenvalue weighted by molar-refractivity contribution is -0.388. The zero-order valence-corrected chi connectivity index (χ0v) is 16.6. The molecule has 15 heteroatoms. The molecule has 1 saturated heterocycles. The molecule has 162 valence electrons. The molecule has 1 aromatic rings. The van der Waals surface area contributed by atoms with E-state index in [2.05, 4.69) is 0 Å². The Kier molecular flexibility index (Phi) is 6.25. The summed E-state index contributed by atoms with van der Waals surface area (Å²) in [5.41, 5.74) is -7.08.